The summed E-state index contributed by atoms with van der Waals surface area (Å²) < 4.78 is 1.20. The number of carbonyl (C=O) groups excluding carboxylic acids is 1. The number of hydrogen-bond acceptors (Lipinski definition) is 4. The Labute approximate surface area is 161 Å². The second kappa shape index (κ2) is 7.44. The SMILES string of the molecule is CC(C(=O)Nc1cccc2ccccc12)n1nc(-c2ccncc2)ccc1=O. The van der Waals surface area contributed by atoms with Crippen LogP contribution in [0.1, 0.15) is 13.0 Å². The van der Waals surface area contributed by atoms with Crippen molar-refractivity contribution in [3.63, 3.8) is 0 Å². The molecule has 0 saturated carbocycles. The molecule has 0 aliphatic carbocycles. The summed E-state index contributed by atoms with van der Waals surface area (Å²) in [6.07, 6.45) is 3.31. The molecular weight excluding hydrogens is 352 g/mol. The molecule has 138 valence electrons. The lowest BCUT2D eigenvalue weighted by Gasteiger charge is -2.16. The molecular formula is C22H18N4O2. The number of anilines is 1. The average molecular weight is 370 g/mol. The van der Waals surface area contributed by atoms with Gasteiger partial charge in [0.1, 0.15) is 6.04 Å². The first-order valence-corrected chi connectivity index (χ1v) is 8.92. The van der Waals surface area contributed by atoms with E-state index in [1.165, 1.54) is 10.7 Å². The highest BCUT2D eigenvalue weighted by molar-refractivity contribution is 6.03. The van der Waals surface area contributed by atoms with E-state index in [1.54, 1.807) is 37.5 Å². The molecule has 0 bridgehead atoms. The van der Waals surface area contributed by atoms with E-state index in [0.29, 0.717) is 11.4 Å². The third-order valence-electron chi connectivity index (χ3n) is 4.59. The van der Waals surface area contributed by atoms with Gasteiger partial charge in [0.25, 0.3) is 5.56 Å². The van der Waals surface area contributed by atoms with Gasteiger partial charge in [0.05, 0.1) is 5.69 Å². The zero-order chi connectivity index (χ0) is 19.5. The Morgan fingerprint density at radius 3 is 2.54 bits per heavy atom. The fourth-order valence-corrected chi connectivity index (χ4v) is 3.06. The Morgan fingerprint density at radius 1 is 0.964 bits per heavy atom. The number of rotatable bonds is 4. The number of amides is 1. The summed E-state index contributed by atoms with van der Waals surface area (Å²) >= 11 is 0. The van der Waals surface area contributed by atoms with Gasteiger partial charge in [-0.2, -0.15) is 5.10 Å². The summed E-state index contributed by atoms with van der Waals surface area (Å²) in [5.41, 5.74) is 1.80. The number of aromatic nitrogens is 3. The van der Waals surface area contributed by atoms with Crippen LogP contribution in [0.5, 0.6) is 0 Å². The number of nitrogens with one attached hydrogen (secondary N) is 1. The molecule has 1 atom stereocenters. The van der Waals surface area contributed by atoms with E-state index in [2.05, 4.69) is 15.4 Å². The van der Waals surface area contributed by atoms with Crippen LogP contribution in [0, 0.1) is 0 Å². The highest BCUT2D eigenvalue weighted by Crippen LogP contribution is 2.24. The van der Waals surface area contributed by atoms with E-state index in [0.717, 1.165) is 16.3 Å². The van der Waals surface area contributed by atoms with Crippen LogP contribution >= 0.6 is 0 Å². The van der Waals surface area contributed by atoms with Crippen molar-refractivity contribution in [3.05, 3.63) is 89.5 Å². The van der Waals surface area contributed by atoms with E-state index in [9.17, 15) is 9.59 Å². The van der Waals surface area contributed by atoms with Gasteiger partial charge in [0.2, 0.25) is 5.91 Å². The Morgan fingerprint density at radius 2 is 1.71 bits per heavy atom. The molecule has 2 aromatic heterocycles. The molecule has 0 fully saturated rings. The maximum atomic E-state index is 12.8. The summed E-state index contributed by atoms with van der Waals surface area (Å²) in [6.45, 7) is 1.66. The summed E-state index contributed by atoms with van der Waals surface area (Å²) in [6, 6.07) is 19.4. The van der Waals surface area contributed by atoms with Crippen molar-refractivity contribution >= 4 is 22.4 Å². The molecule has 1 unspecified atom stereocenters. The van der Waals surface area contributed by atoms with Crippen molar-refractivity contribution < 1.29 is 4.79 Å². The van der Waals surface area contributed by atoms with Gasteiger partial charge in [-0.1, -0.05) is 36.4 Å². The first-order valence-electron chi connectivity index (χ1n) is 8.92. The first kappa shape index (κ1) is 17.6. The number of nitrogens with zero attached hydrogens (tertiary/aromatic N) is 3. The smallest absolute Gasteiger partial charge is 0.267 e. The zero-order valence-corrected chi connectivity index (χ0v) is 15.2. The Kier molecular flexibility index (Phi) is 4.68. The van der Waals surface area contributed by atoms with Crippen LogP contribution in [-0.4, -0.2) is 20.7 Å². The summed E-state index contributed by atoms with van der Waals surface area (Å²) in [5, 5.41) is 9.28. The number of pyridine rings is 1. The molecule has 0 radical (unpaired) electrons. The van der Waals surface area contributed by atoms with Gasteiger partial charge < -0.3 is 5.32 Å². The zero-order valence-electron chi connectivity index (χ0n) is 15.2. The predicted molar refractivity (Wildman–Crippen MR) is 109 cm³/mol. The number of benzene rings is 2. The fourth-order valence-electron chi connectivity index (χ4n) is 3.06. The van der Waals surface area contributed by atoms with Gasteiger partial charge in [-0.25, -0.2) is 4.68 Å². The van der Waals surface area contributed by atoms with Crippen molar-refractivity contribution in [1.82, 2.24) is 14.8 Å². The predicted octanol–water partition coefficient (Wildman–Crippen LogP) is 3.66. The van der Waals surface area contributed by atoms with Crippen LogP contribution in [0.3, 0.4) is 0 Å². The highest BCUT2D eigenvalue weighted by Gasteiger charge is 2.19. The lowest BCUT2D eigenvalue weighted by atomic mass is 10.1. The Bertz CT molecular complexity index is 1200. The molecule has 28 heavy (non-hydrogen) atoms. The molecule has 6 nitrogen and oxygen atoms in total. The number of carbonyl (C=O) groups is 1. The molecule has 4 rings (SSSR count). The third-order valence-corrected chi connectivity index (χ3v) is 4.59. The minimum absolute atomic E-state index is 0.308. The molecule has 2 heterocycles. The van der Waals surface area contributed by atoms with Gasteiger partial charge in [-0.15, -0.1) is 0 Å². The molecule has 4 aromatic rings. The molecule has 6 heteroatoms. The maximum Gasteiger partial charge on any atom is 0.267 e. The molecule has 2 aromatic carbocycles. The Balaban J connectivity index is 1.65. The largest absolute Gasteiger partial charge is 0.324 e. The standard InChI is InChI=1S/C22H18N4O2/c1-15(22(28)24-20-8-4-6-16-5-2-3-7-18(16)20)26-21(27)10-9-19(25-26)17-11-13-23-14-12-17/h2-15H,1H3,(H,24,28). The summed E-state index contributed by atoms with van der Waals surface area (Å²) in [5.74, 6) is -0.308. The van der Waals surface area contributed by atoms with Crippen LogP contribution in [0.2, 0.25) is 0 Å². The average Bonchev–Trinajstić information content (AvgIpc) is 2.74. The van der Waals surface area contributed by atoms with E-state index >= 15 is 0 Å². The minimum Gasteiger partial charge on any atom is -0.324 e. The summed E-state index contributed by atoms with van der Waals surface area (Å²) in [4.78, 5) is 29.1. The second-order valence-electron chi connectivity index (χ2n) is 6.43. The quantitative estimate of drug-likeness (QED) is 0.595. The van der Waals surface area contributed by atoms with Crippen molar-refractivity contribution in [3.8, 4) is 11.3 Å². The van der Waals surface area contributed by atoms with Crippen molar-refractivity contribution in [2.24, 2.45) is 0 Å². The molecule has 0 aliphatic rings. The van der Waals surface area contributed by atoms with Crippen molar-refractivity contribution in [1.29, 1.82) is 0 Å². The van der Waals surface area contributed by atoms with Gasteiger partial charge >= 0.3 is 0 Å². The van der Waals surface area contributed by atoms with Gasteiger partial charge in [-0.05, 0) is 36.6 Å². The van der Waals surface area contributed by atoms with E-state index in [4.69, 9.17) is 0 Å². The Hall–Kier alpha value is -3.80. The number of hydrogen-bond donors (Lipinski definition) is 1. The van der Waals surface area contributed by atoms with Gasteiger partial charge in [0, 0.05) is 35.1 Å². The maximum absolute atomic E-state index is 12.8. The second-order valence-corrected chi connectivity index (χ2v) is 6.43. The van der Waals surface area contributed by atoms with E-state index in [-0.39, 0.29) is 11.5 Å². The van der Waals surface area contributed by atoms with Gasteiger partial charge in [0.15, 0.2) is 0 Å². The molecule has 0 saturated heterocycles. The lowest BCUT2D eigenvalue weighted by molar-refractivity contribution is -0.119. The van der Waals surface area contributed by atoms with Crippen LogP contribution in [-0.2, 0) is 4.79 Å². The van der Waals surface area contributed by atoms with Crippen LogP contribution in [0.4, 0.5) is 5.69 Å². The van der Waals surface area contributed by atoms with Crippen LogP contribution in [0.25, 0.3) is 22.0 Å². The van der Waals surface area contributed by atoms with Crippen LogP contribution < -0.4 is 10.9 Å². The normalized spacial score (nSPS) is 11.9. The van der Waals surface area contributed by atoms with Crippen LogP contribution in [0.15, 0.2) is 83.9 Å². The fraction of sp³-hybridized carbons (Fsp3) is 0.0909. The van der Waals surface area contributed by atoms with Crippen molar-refractivity contribution in [2.75, 3.05) is 5.32 Å². The monoisotopic (exact) mass is 370 g/mol. The molecule has 0 aliphatic heterocycles. The van der Waals surface area contributed by atoms with E-state index < -0.39 is 6.04 Å². The van der Waals surface area contributed by atoms with Crippen molar-refractivity contribution in [2.45, 2.75) is 13.0 Å². The van der Waals surface area contributed by atoms with Gasteiger partial charge in [-0.3, -0.25) is 14.6 Å². The molecule has 1 N–H and O–H groups in total. The molecule has 0 spiro atoms. The minimum atomic E-state index is -0.770. The highest BCUT2D eigenvalue weighted by atomic mass is 16.2. The first-order chi connectivity index (χ1) is 13.6. The molecule has 1 amide bonds. The third kappa shape index (κ3) is 3.40. The lowest BCUT2D eigenvalue weighted by Crippen LogP contribution is -2.33. The number of fused-ring (bicyclic) bond motifs is 1. The summed E-state index contributed by atoms with van der Waals surface area (Å²) in [7, 11) is 0. The topological polar surface area (TPSA) is 76.9 Å². The van der Waals surface area contributed by atoms with E-state index in [1.807, 2.05) is 42.5 Å².